The van der Waals surface area contributed by atoms with Crippen molar-refractivity contribution in [3.8, 4) is 0 Å². The summed E-state index contributed by atoms with van der Waals surface area (Å²) in [6, 6.07) is 14.7. The van der Waals surface area contributed by atoms with Crippen molar-refractivity contribution in [3.63, 3.8) is 0 Å². The van der Waals surface area contributed by atoms with Gasteiger partial charge in [0.05, 0.1) is 6.04 Å². The van der Waals surface area contributed by atoms with Crippen LogP contribution in [0.3, 0.4) is 0 Å². The number of carbonyl (C=O) groups is 3. The number of H-pyrrole nitrogens is 1. The summed E-state index contributed by atoms with van der Waals surface area (Å²) in [6.45, 7) is 0.836. The van der Waals surface area contributed by atoms with Crippen LogP contribution in [0.4, 0.5) is 0 Å². The van der Waals surface area contributed by atoms with Gasteiger partial charge >= 0.3 is 5.97 Å². The zero-order chi connectivity index (χ0) is 23.4. The Morgan fingerprint density at radius 2 is 1.73 bits per heavy atom. The van der Waals surface area contributed by atoms with E-state index in [-0.39, 0.29) is 17.7 Å². The molecule has 1 aromatic heterocycles. The van der Waals surface area contributed by atoms with Crippen molar-refractivity contribution in [1.29, 1.82) is 0 Å². The molecule has 4 rings (SSSR count). The zero-order valence-corrected chi connectivity index (χ0v) is 18.2. The SMILES string of the molecule is N[C@@H](Cc1c[nH]c2ccccc12)C(=O)N1CCC(C(=O)N[C@@H](C(=O)O)c2ccccc2)CC1. The Morgan fingerprint density at radius 1 is 1.06 bits per heavy atom. The third-order valence-corrected chi connectivity index (χ3v) is 6.28. The maximum atomic E-state index is 12.9. The molecule has 3 aromatic rings. The first kappa shape index (κ1) is 22.5. The number of likely N-dealkylation sites (tertiary alicyclic amines) is 1. The summed E-state index contributed by atoms with van der Waals surface area (Å²) in [4.78, 5) is 42.2. The van der Waals surface area contributed by atoms with E-state index >= 15 is 0 Å². The maximum Gasteiger partial charge on any atom is 0.330 e. The Labute approximate surface area is 191 Å². The van der Waals surface area contributed by atoms with Crippen molar-refractivity contribution >= 4 is 28.7 Å². The Morgan fingerprint density at radius 3 is 2.42 bits per heavy atom. The minimum absolute atomic E-state index is 0.133. The van der Waals surface area contributed by atoms with E-state index in [4.69, 9.17) is 5.73 Å². The number of nitrogens with two attached hydrogens (primary N) is 1. The van der Waals surface area contributed by atoms with Crippen LogP contribution in [0.15, 0.2) is 60.8 Å². The number of carboxylic acid groups (broad SMARTS) is 1. The highest BCUT2D eigenvalue weighted by Crippen LogP contribution is 2.22. The lowest BCUT2D eigenvalue weighted by atomic mass is 9.94. The molecule has 172 valence electrons. The summed E-state index contributed by atoms with van der Waals surface area (Å²) < 4.78 is 0. The van der Waals surface area contributed by atoms with Gasteiger partial charge in [0.2, 0.25) is 11.8 Å². The molecule has 0 spiro atoms. The van der Waals surface area contributed by atoms with Gasteiger partial charge in [0.15, 0.2) is 6.04 Å². The number of benzene rings is 2. The third-order valence-electron chi connectivity index (χ3n) is 6.28. The number of hydrogen-bond acceptors (Lipinski definition) is 4. The van der Waals surface area contributed by atoms with Gasteiger partial charge in [-0.25, -0.2) is 4.79 Å². The van der Waals surface area contributed by atoms with Crippen LogP contribution in [0, 0.1) is 5.92 Å². The lowest BCUT2D eigenvalue weighted by Crippen LogP contribution is -2.50. The first-order chi connectivity index (χ1) is 15.9. The molecule has 2 amide bonds. The highest BCUT2D eigenvalue weighted by atomic mass is 16.4. The van der Waals surface area contributed by atoms with E-state index in [0.29, 0.717) is 37.9 Å². The van der Waals surface area contributed by atoms with E-state index in [1.807, 2.05) is 30.5 Å². The molecule has 5 N–H and O–H groups in total. The van der Waals surface area contributed by atoms with Crippen LogP contribution in [0.1, 0.15) is 30.0 Å². The largest absolute Gasteiger partial charge is 0.479 e. The predicted molar refractivity (Wildman–Crippen MR) is 124 cm³/mol. The van der Waals surface area contributed by atoms with E-state index in [9.17, 15) is 19.5 Å². The molecule has 0 radical (unpaired) electrons. The summed E-state index contributed by atoms with van der Waals surface area (Å²) in [5.41, 5.74) is 8.77. The molecule has 0 unspecified atom stereocenters. The number of hydrogen-bond donors (Lipinski definition) is 4. The lowest BCUT2D eigenvalue weighted by Gasteiger charge is -2.33. The lowest BCUT2D eigenvalue weighted by molar-refractivity contribution is -0.143. The number of nitrogens with zero attached hydrogens (tertiary/aromatic N) is 1. The van der Waals surface area contributed by atoms with Gasteiger partial charge in [-0.15, -0.1) is 0 Å². The van der Waals surface area contributed by atoms with Crippen molar-refractivity contribution in [2.45, 2.75) is 31.3 Å². The van der Waals surface area contributed by atoms with Crippen molar-refractivity contribution < 1.29 is 19.5 Å². The highest BCUT2D eigenvalue weighted by molar-refractivity contribution is 5.87. The molecule has 1 aliphatic heterocycles. The normalized spacial score (nSPS) is 16.3. The number of para-hydroxylation sites is 1. The van der Waals surface area contributed by atoms with Crippen LogP contribution < -0.4 is 11.1 Å². The summed E-state index contributed by atoms with van der Waals surface area (Å²) in [7, 11) is 0. The van der Waals surface area contributed by atoms with E-state index in [1.165, 1.54) is 0 Å². The molecule has 1 saturated heterocycles. The molecule has 2 aromatic carbocycles. The Kier molecular flexibility index (Phi) is 6.74. The Balaban J connectivity index is 1.31. The first-order valence-electron chi connectivity index (χ1n) is 11.1. The number of piperidine rings is 1. The minimum atomic E-state index is -1.11. The molecule has 1 aliphatic rings. The number of aliphatic carboxylic acids is 1. The van der Waals surface area contributed by atoms with Crippen LogP contribution in [0.25, 0.3) is 10.9 Å². The van der Waals surface area contributed by atoms with Gasteiger partial charge in [-0.05, 0) is 36.5 Å². The first-order valence-corrected chi connectivity index (χ1v) is 11.1. The van der Waals surface area contributed by atoms with E-state index < -0.39 is 18.1 Å². The smallest absolute Gasteiger partial charge is 0.330 e. The predicted octanol–water partition coefficient (Wildman–Crippen LogP) is 2.22. The van der Waals surface area contributed by atoms with Gasteiger partial charge in [0.1, 0.15) is 0 Å². The quantitative estimate of drug-likeness (QED) is 0.441. The molecule has 0 saturated carbocycles. The van der Waals surface area contributed by atoms with E-state index in [0.717, 1.165) is 16.5 Å². The molecular formula is C25H28N4O4. The summed E-state index contributed by atoms with van der Waals surface area (Å²) in [5, 5.41) is 13.2. The van der Waals surface area contributed by atoms with Crippen molar-refractivity contribution in [2.24, 2.45) is 11.7 Å². The molecule has 2 atom stereocenters. The molecule has 8 heteroatoms. The molecule has 0 aliphatic carbocycles. The van der Waals surface area contributed by atoms with Crippen LogP contribution in [-0.4, -0.2) is 51.9 Å². The average Bonchev–Trinajstić information content (AvgIpc) is 3.25. The van der Waals surface area contributed by atoms with Gasteiger partial charge in [0, 0.05) is 36.1 Å². The minimum Gasteiger partial charge on any atom is -0.479 e. The number of aromatic amines is 1. The van der Waals surface area contributed by atoms with Crippen LogP contribution in [0.2, 0.25) is 0 Å². The van der Waals surface area contributed by atoms with Gasteiger partial charge < -0.3 is 26.0 Å². The van der Waals surface area contributed by atoms with Crippen LogP contribution in [-0.2, 0) is 20.8 Å². The van der Waals surface area contributed by atoms with Crippen molar-refractivity contribution in [1.82, 2.24) is 15.2 Å². The van der Waals surface area contributed by atoms with E-state index in [1.54, 1.807) is 35.2 Å². The topological polar surface area (TPSA) is 129 Å². The zero-order valence-electron chi connectivity index (χ0n) is 18.2. The third kappa shape index (κ3) is 5.06. The number of nitrogens with one attached hydrogen (secondary N) is 2. The summed E-state index contributed by atoms with van der Waals surface area (Å²) >= 11 is 0. The number of amides is 2. The van der Waals surface area contributed by atoms with Crippen LogP contribution in [0.5, 0.6) is 0 Å². The van der Waals surface area contributed by atoms with Gasteiger partial charge in [-0.3, -0.25) is 9.59 Å². The van der Waals surface area contributed by atoms with Crippen LogP contribution >= 0.6 is 0 Å². The fourth-order valence-electron chi connectivity index (χ4n) is 4.41. The van der Waals surface area contributed by atoms with Gasteiger partial charge in [-0.1, -0.05) is 48.5 Å². The molecule has 8 nitrogen and oxygen atoms in total. The van der Waals surface area contributed by atoms with Crippen molar-refractivity contribution in [3.05, 3.63) is 71.9 Å². The standard InChI is InChI=1S/C25H28N4O4/c26-20(14-18-15-27-21-9-5-4-8-19(18)21)24(31)29-12-10-17(11-13-29)23(30)28-22(25(32)33)16-6-2-1-3-7-16/h1-9,15,17,20,22,27H,10-14,26H2,(H,28,30)(H,32,33)/t20-,22+/m0/s1. The second-order valence-electron chi connectivity index (χ2n) is 8.46. The molecule has 33 heavy (non-hydrogen) atoms. The highest BCUT2D eigenvalue weighted by Gasteiger charge is 2.32. The monoisotopic (exact) mass is 448 g/mol. The van der Waals surface area contributed by atoms with E-state index in [2.05, 4.69) is 10.3 Å². The Hall–Kier alpha value is -3.65. The second kappa shape index (κ2) is 9.87. The summed E-state index contributed by atoms with van der Waals surface area (Å²) in [5.74, 6) is -1.89. The number of carbonyl (C=O) groups excluding carboxylic acids is 2. The fraction of sp³-hybridized carbons (Fsp3) is 0.320. The molecule has 1 fully saturated rings. The summed E-state index contributed by atoms with van der Waals surface area (Å²) in [6.07, 6.45) is 3.26. The second-order valence-corrected chi connectivity index (χ2v) is 8.46. The van der Waals surface area contributed by atoms with Gasteiger partial charge in [0.25, 0.3) is 0 Å². The Bertz CT molecular complexity index is 1140. The molecule has 2 heterocycles. The fourth-order valence-corrected chi connectivity index (χ4v) is 4.41. The maximum absolute atomic E-state index is 12.9. The van der Waals surface area contributed by atoms with Crippen molar-refractivity contribution in [2.75, 3.05) is 13.1 Å². The number of carboxylic acids is 1. The average molecular weight is 449 g/mol. The van der Waals surface area contributed by atoms with Gasteiger partial charge in [-0.2, -0.15) is 0 Å². The number of fused-ring (bicyclic) bond motifs is 1. The number of rotatable bonds is 7. The number of aromatic nitrogens is 1. The molecular weight excluding hydrogens is 420 g/mol. The molecule has 0 bridgehead atoms.